The molecule has 0 fully saturated rings. The van der Waals surface area contributed by atoms with E-state index in [1.165, 1.54) is 82.0 Å². The summed E-state index contributed by atoms with van der Waals surface area (Å²) < 4.78 is 6.41. The first-order chi connectivity index (χ1) is 14.2. The first-order valence-corrected chi connectivity index (χ1v) is 12.4. The van der Waals surface area contributed by atoms with E-state index < -0.39 is 24.0 Å². The van der Waals surface area contributed by atoms with Crippen molar-refractivity contribution >= 4 is 11.9 Å². The second-order valence-electron chi connectivity index (χ2n) is 8.83. The van der Waals surface area contributed by atoms with E-state index in [2.05, 4.69) is 27.7 Å². The molecule has 0 radical (unpaired) electrons. The van der Waals surface area contributed by atoms with E-state index in [9.17, 15) is 14.7 Å². The highest BCUT2D eigenvalue weighted by molar-refractivity contribution is 5.89. The lowest BCUT2D eigenvalue weighted by atomic mass is 10.0. The lowest BCUT2D eigenvalue weighted by molar-refractivity contribution is -0.929. The van der Waals surface area contributed by atoms with Crippen molar-refractivity contribution in [2.45, 2.75) is 125 Å². The van der Waals surface area contributed by atoms with Crippen LogP contribution in [0.1, 0.15) is 119 Å². The van der Waals surface area contributed by atoms with Gasteiger partial charge in [0, 0.05) is 0 Å². The summed E-state index contributed by atoms with van der Waals surface area (Å²) in [5, 5.41) is 10.1. The van der Waals surface area contributed by atoms with Gasteiger partial charge in [0.15, 0.2) is 0 Å². The average Bonchev–Trinajstić information content (AvgIpc) is 2.72. The molecule has 0 aromatic carbocycles. The minimum absolute atomic E-state index is 0.549. The fraction of sp³-hybridized carbons (Fsp3) is 0.920. The Balaban J connectivity index is 0. The Morgan fingerprint density at radius 3 is 1.30 bits per heavy atom. The smallest absolute Gasteiger partial charge is 0.312 e. The van der Waals surface area contributed by atoms with Crippen LogP contribution < -0.4 is 5.11 Å². The Morgan fingerprint density at radius 1 is 0.733 bits per heavy atom. The summed E-state index contributed by atoms with van der Waals surface area (Å²) in [4.78, 5) is 21.0. The van der Waals surface area contributed by atoms with Crippen molar-refractivity contribution < 1.29 is 23.9 Å². The first kappa shape index (κ1) is 31.1. The highest BCUT2D eigenvalue weighted by atomic mass is 16.6. The molecule has 0 amide bonds. The number of carboxylic acid groups (broad SMARTS) is 1. The summed E-state index contributed by atoms with van der Waals surface area (Å²) in [7, 11) is 0. The maximum Gasteiger partial charge on any atom is 0.312 e. The van der Waals surface area contributed by atoms with Crippen LogP contribution in [-0.2, 0) is 14.3 Å². The lowest BCUT2D eigenvalue weighted by Gasteiger charge is -2.39. The number of quaternary nitrogens is 1. The molecule has 0 heterocycles. The van der Waals surface area contributed by atoms with Crippen LogP contribution >= 0.6 is 0 Å². The van der Waals surface area contributed by atoms with Crippen molar-refractivity contribution in [2.75, 3.05) is 26.2 Å². The SMILES string of the molecule is CCC(C)(CC)OC(=O)CC(=O)[O-].CCCC[N+](CCCC)(CCCC)CCCC. The molecule has 0 aliphatic heterocycles. The standard InChI is InChI=1S/C16H36N.C9H16O4/c1-5-9-13-17(14-10-6-2,15-11-7-3)16-12-8-4;1-4-9(3,5-2)13-8(12)6-7(10)11/h5-16H2,1-4H3;4-6H2,1-3H3,(H,10,11)/q+1;/p-1. The van der Waals surface area contributed by atoms with Crippen LogP contribution in [0.25, 0.3) is 0 Å². The van der Waals surface area contributed by atoms with E-state index in [0.29, 0.717) is 12.8 Å². The zero-order valence-corrected chi connectivity index (χ0v) is 21.2. The number of hydrogen-bond donors (Lipinski definition) is 0. The molecule has 180 valence electrons. The van der Waals surface area contributed by atoms with Gasteiger partial charge in [-0.3, -0.25) is 4.79 Å². The molecule has 0 rings (SSSR count). The number of carbonyl (C=O) groups is 2. The molecule has 0 unspecified atom stereocenters. The number of ether oxygens (including phenoxy) is 1. The molecule has 5 heteroatoms. The van der Waals surface area contributed by atoms with Gasteiger partial charge in [-0.15, -0.1) is 0 Å². The highest BCUT2D eigenvalue weighted by Gasteiger charge is 2.25. The Hall–Kier alpha value is -1.10. The number of aliphatic carboxylic acids is 1. The van der Waals surface area contributed by atoms with Gasteiger partial charge in [0.1, 0.15) is 5.60 Å². The molecule has 0 aliphatic carbocycles. The minimum Gasteiger partial charge on any atom is -0.550 e. The van der Waals surface area contributed by atoms with E-state index in [1.807, 2.05) is 13.8 Å². The summed E-state index contributed by atoms with van der Waals surface area (Å²) in [6.45, 7) is 20.6. The maximum absolute atomic E-state index is 10.9. The van der Waals surface area contributed by atoms with Crippen molar-refractivity contribution in [3.05, 3.63) is 0 Å². The summed E-state index contributed by atoms with van der Waals surface area (Å²) >= 11 is 0. The number of carboxylic acids is 1. The van der Waals surface area contributed by atoms with E-state index in [0.717, 1.165) is 0 Å². The van der Waals surface area contributed by atoms with Gasteiger partial charge in [-0.1, -0.05) is 67.2 Å². The summed E-state index contributed by atoms with van der Waals surface area (Å²) in [6, 6.07) is 0. The van der Waals surface area contributed by atoms with E-state index in [1.54, 1.807) is 6.92 Å². The molecule has 0 aliphatic rings. The van der Waals surface area contributed by atoms with Crippen LogP contribution in [0.2, 0.25) is 0 Å². The van der Waals surface area contributed by atoms with Gasteiger partial charge < -0.3 is 19.1 Å². The van der Waals surface area contributed by atoms with Gasteiger partial charge >= 0.3 is 5.97 Å². The topological polar surface area (TPSA) is 66.4 Å². The quantitative estimate of drug-likeness (QED) is 0.180. The third-order valence-electron chi connectivity index (χ3n) is 6.09. The van der Waals surface area contributed by atoms with Crippen molar-refractivity contribution in [1.29, 1.82) is 0 Å². The van der Waals surface area contributed by atoms with Crippen molar-refractivity contribution in [1.82, 2.24) is 0 Å². The molecule has 0 saturated heterocycles. The van der Waals surface area contributed by atoms with Crippen LogP contribution in [0.5, 0.6) is 0 Å². The number of carbonyl (C=O) groups excluding carboxylic acids is 2. The number of nitrogens with zero attached hydrogens (tertiary/aromatic N) is 1. The number of unbranched alkanes of at least 4 members (excludes halogenated alkanes) is 4. The van der Waals surface area contributed by atoms with Crippen LogP contribution in [-0.4, -0.2) is 48.2 Å². The molecular weight excluding hydrogens is 378 g/mol. The zero-order valence-electron chi connectivity index (χ0n) is 21.2. The molecule has 0 atom stereocenters. The molecule has 30 heavy (non-hydrogen) atoms. The first-order valence-electron chi connectivity index (χ1n) is 12.4. The Morgan fingerprint density at radius 2 is 1.07 bits per heavy atom. The van der Waals surface area contributed by atoms with E-state index in [-0.39, 0.29) is 0 Å². The van der Waals surface area contributed by atoms with Gasteiger partial charge in [0.2, 0.25) is 0 Å². The lowest BCUT2D eigenvalue weighted by Crippen LogP contribution is -2.50. The fourth-order valence-electron chi connectivity index (χ4n) is 3.47. The third-order valence-corrected chi connectivity index (χ3v) is 6.09. The van der Waals surface area contributed by atoms with Gasteiger partial charge in [0.05, 0.1) is 38.6 Å². The van der Waals surface area contributed by atoms with Crippen LogP contribution in [0.3, 0.4) is 0 Å². The predicted octanol–water partition coefficient (Wildman–Crippen LogP) is 5.25. The van der Waals surface area contributed by atoms with Crippen LogP contribution in [0.4, 0.5) is 0 Å². The molecule has 0 aromatic rings. The van der Waals surface area contributed by atoms with Gasteiger partial charge in [-0.05, 0) is 45.4 Å². The van der Waals surface area contributed by atoms with Crippen molar-refractivity contribution in [3.63, 3.8) is 0 Å². The number of esters is 1. The third kappa shape index (κ3) is 15.7. The normalized spacial score (nSPS) is 11.6. The zero-order chi connectivity index (χ0) is 23.5. The molecule has 0 spiro atoms. The van der Waals surface area contributed by atoms with Gasteiger partial charge in [-0.2, -0.15) is 0 Å². The van der Waals surface area contributed by atoms with Gasteiger partial charge in [0.25, 0.3) is 0 Å². The fourth-order valence-corrected chi connectivity index (χ4v) is 3.47. The Labute approximate surface area is 187 Å². The molecule has 0 bridgehead atoms. The molecule has 0 aromatic heterocycles. The Kier molecular flexibility index (Phi) is 19.3. The van der Waals surface area contributed by atoms with E-state index >= 15 is 0 Å². The molecule has 5 nitrogen and oxygen atoms in total. The average molecular weight is 430 g/mol. The maximum atomic E-state index is 10.9. The monoisotopic (exact) mass is 429 g/mol. The summed E-state index contributed by atoms with van der Waals surface area (Å²) in [6.07, 6.45) is 11.7. The van der Waals surface area contributed by atoms with E-state index in [4.69, 9.17) is 4.74 Å². The second kappa shape index (κ2) is 18.7. The van der Waals surface area contributed by atoms with Crippen LogP contribution in [0, 0.1) is 0 Å². The largest absolute Gasteiger partial charge is 0.550 e. The van der Waals surface area contributed by atoms with Crippen molar-refractivity contribution in [2.24, 2.45) is 0 Å². The summed E-state index contributed by atoms with van der Waals surface area (Å²) in [5.41, 5.74) is -0.549. The Bertz CT molecular complexity index is 395. The van der Waals surface area contributed by atoms with Crippen LogP contribution in [0.15, 0.2) is 0 Å². The number of rotatable bonds is 17. The van der Waals surface area contributed by atoms with Crippen molar-refractivity contribution in [3.8, 4) is 0 Å². The highest BCUT2D eigenvalue weighted by Crippen LogP contribution is 2.20. The van der Waals surface area contributed by atoms with Gasteiger partial charge in [-0.25, -0.2) is 0 Å². The number of hydrogen-bond acceptors (Lipinski definition) is 4. The molecule has 0 saturated carbocycles. The summed E-state index contributed by atoms with van der Waals surface area (Å²) in [5.74, 6) is -2.13. The minimum atomic E-state index is -1.40. The molecular formula is C25H51NO4. The second-order valence-corrected chi connectivity index (χ2v) is 8.83. The molecule has 0 N–H and O–H groups in total. The predicted molar refractivity (Wildman–Crippen MR) is 124 cm³/mol.